The number of anilines is 2. The first kappa shape index (κ1) is 29.0. The van der Waals surface area contributed by atoms with E-state index in [1.807, 2.05) is 60.7 Å². The average molecular weight is 588 g/mol. The molecule has 3 unspecified atom stereocenters. The molecule has 0 aromatic heterocycles. The molecular formula is C37H38N3O2P. The molecule has 218 valence electrons. The van der Waals surface area contributed by atoms with Crippen molar-refractivity contribution in [3.8, 4) is 0 Å². The molecule has 4 N–H and O–H groups in total. The van der Waals surface area contributed by atoms with E-state index in [0.29, 0.717) is 23.0 Å². The lowest BCUT2D eigenvalue weighted by Crippen LogP contribution is -2.43. The van der Waals surface area contributed by atoms with Gasteiger partial charge in [0, 0.05) is 6.04 Å². The van der Waals surface area contributed by atoms with E-state index in [1.165, 1.54) is 10.6 Å². The summed E-state index contributed by atoms with van der Waals surface area (Å²) in [6.07, 6.45) is 3.38. The molecule has 5 aromatic rings. The summed E-state index contributed by atoms with van der Waals surface area (Å²) in [7, 11) is -0.585. The molecule has 1 aliphatic rings. The number of hydrogen-bond donors (Lipinski definition) is 3. The molecule has 0 aliphatic heterocycles. The largest absolute Gasteiger partial charge is 0.377 e. The molecular weight excluding hydrogens is 549 g/mol. The number of hydrogen-bond acceptors (Lipinski definition) is 5. The minimum Gasteiger partial charge on any atom is -0.377 e. The van der Waals surface area contributed by atoms with Gasteiger partial charge in [-0.2, -0.15) is 0 Å². The Balaban J connectivity index is 1.27. The smallest absolute Gasteiger partial charge is 0.253 e. The monoisotopic (exact) mass is 587 g/mol. The molecule has 0 amide bonds. The summed E-state index contributed by atoms with van der Waals surface area (Å²) < 4.78 is 0. The Hall–Kier alpha value is -4.05. The van der Waals surface area contributed by atoms with Gasteiger partial charge in [-0.05, 0) is 61.0 Å². The Bertz CT molecular complexity index is 1650. The summed E-state index contributed by atoms with van der Waals surface area (Å²) in [5.41, 5.74) is 8.93. The van der Waals surface area contributed by atoms with Crippen LogP contribution in [-0.4, -0.2) is 11.7 Å². The van der Waals surface area contributed by atoms with Crippen molar-refractivity contribution in [2.75, 3.05) is 10.6 Å². The zero-order valence-corrected chi connectivity index (χ0v) is 25.3. The van der Waals surface area contributed by atoms with E-state index in [-0.39, 0.29) is 12.1 Å². The van der Waals surface area contributed by atoms with E-state index in [9.17, 15) is 9.59 Å². The third-order valence-corrected chi connectivity index (χ3v) is 11.9. The third kappa shape index (κ3) is 6.06. The van der Waals surface area contributed by atoms with E-state index in [2.05, 4.69) is 78.2 Å². The van der Waals surface area contributed by atoms with Gasteiger partial charge in [0.25, 0.3) is 10.9 Å². The standard InChI is InChI=1S/C37H38N3O2P/c1-25(30-23-14-24-31(30)43(28-19-10-4-11-20-28)29-21-12-5-13-22-29)39-34-35(37(42)36(34)41)40-33(27-17-8-3-9-18-27)32(38)26-15-6-2-7-16-26/h2-13,15-22,25,30-33,39-40H,14,23-24,38H2,1H3/t25-,30?,31?,32+,33?/m1/s1. The number of rotatable bonds is 11. The lowest BCUT2D eigenvalue weighted by molar-refractivity contribution is 0.488. The maximum atomic E-state index is 13.0. The molecule has 0 bridgehead atoms. The van der Waals surface area contributed by atoms with Gasteiger partial charge in [0.2, 0.25) is 0 Å². The predicted molar refractivity (Wildman–Crippen MR) is 181 cm³/mol. The van der Waals surface area contributed by atoms with Crippen LogP contribution in [0, 0.1) is 5.92 Å². The molecule has 6 heteroatoms. The van der Waals surface area contributed by atoms with Crippen LogP contribution in [0.25, 0.3) is 0 Å². The third-order valence-electron chi connectivity index (χ3n) is 8.86. The van der Waals surface area contributed by atoms with Crippen molar-refractivity contribution in [3.05, 3.63) is 153 Å². The molecule has 1 aliphatic carbocycles. The van der Waals surface area contributed by atoms with Gasteiger partial charge in [-0.1, -0.05) is 128 Å². The van der Waals surface area contributed by atoms with Crippen molar-refractivity contribution in [2.24, 2.45) is 11.7 Å². The minimum absolute atomic E-state index is 0.0201. The van der Waals surface area contributed by atoms with Crippen molar-refractivity contribution in [1.82, 2.24) is 0 Å². The average Bonchev–Trinajstić information content (AvgIpc) is 3.55. The van der Waals surface area contributed by atoms with Crippen LogP contribution >= 0.6 is 7.92 Å². The van der Waals surface area contributed by atoms with Crippen molar-refractivity contribution >= 4 is 29.9 Å². The summed E-state index contributed by atoms with van der Waals surface area (Å²) in [4.78, 5) is 26.0. The zero-order valence-electron chi connectivity index (χ0n) is 24.4. The molecule has 1 fully saturated rings. The highest BCUT2D eigenvalue weighted by Crippen LogP contribution is 2.51. The maximum absolute atomic E-state index is 13.0. The van der Waals surface area contributed by atoms with Crippen molar-refractivity contribution < 1.29 is 0 Å². The van der Waals surface area contributed by atoms with Crippen LogP contribution in [0.4, 0.5) is 11.4 Å². The van der Waals surface area contributed by atoms with E-state index in [4.69, 9.17) is 5.73 Å². The molecule has 0 radical (unpaired) electrons. The quantitative estimate of drug-likeness (QED) is 0.126. The molecule has 0 saturated heterocycles. The lowest BCUT2D eigenvalue weighted by atomic mass is 9.93. The van der Waals surface area contributed by atoms with Gasteiger partial charge in [-0.3, -0.25) is 9.59 Å². The van der Waals surface area contributed by atoms with E-state index < -0.39 is 24.8 Å². The van der Waals surface area contributed by atoms with Crippen molar-refractivity contribution in [2.45, 2.75) is 50.0 Å². The minimum atomic E-state index is -0.585. The highest BCUT2D eigenvalue weighted by Gasteiger charge is 2.39. The van der Waals surface area contributed by atoms with Crippen LogP contribution in [0.1, 0.15) is 49.4 Å². The van der Waals surface area contributed by atoms with Crippen LogP contribution in [0.15, 0.2) is 131 Å². The summed E-state index contributed by atoms with van der Waals surface area (Å²) in [6, 6.07) is 40.6. The van der Waals surface area contributed by atoms with Crippen molar-refractivity contribution in [3.63, 3.8) is 0 Å². The Labute approximate surface area is 254 Å². The molecule has 5 atom stereocenters. The molecule has 6 rings (SSSR count). The predicted octanol–water partition coefficient (Wildman–Crippen LogP) is 6.24. The molecule has 0 spiro atoms. The first-order valence-corrected chi connectivity index (χ1v) is 16.5. The van der Waals surface area contributed by atoms with Gasteiger partial charge in [-0.25, -0.2) is 0 Å². The topological polar surface area (TPSA) is 84.2 Å². The van der Waals surface area contributed by atoms with Crippen LogP contribution in [-0.2, 0) is 0 Å². The summed E-state index contributed by atoms with van der Waals surface area (Å²) in [5, 5.41) is 9.69. The number of benzene rings is 4. The fourth-order valence-corrected chi connectivity index (χ4v) is 9.93. The highest BCUT2D eigenvalue weighted by molar-refractivity contribution is 7.73. The van der Waals surface area contributed by atoms with Gasteiger partial charge in [0.15, 0.2) is 0 Å². The Morgan fingerprint density at radius 2 is 1.12 bits per heavy atom. The van der Waals surface area contributed by atoms with Crippen LogP contribution in [0.2, 0.25) is 0 Å². The van der Waals surface area contributed by atoms with E-state index in [0.717, 1.165) is 30.4 Å². The molecule has 1 saturated carbocycles. The second kappa shape index (κ2) is 13.1. The zero-order chi connectivity index (χ0) is 29.8. The first-order valence-electron chi connectivity index (χ1n) is 15.1. The van der Waals surface area contributed by atoms with Crippen molar-refractivity contribution in [1.29, 1.82) is 0 Å². The molecule has 5 nitrogen and oxygen atoms in total. The summed E-state index contributed by atoms with van der Waals surface area (Å²) >= 11 is 0. The lowest BCUT2D eigenvalue weighted by Gasteiger charge is -2.35. The second-order valence-corrected chi connectivity index (χ2v) is 13.9. The van der Waals surface area contributed by atoms with E-state index in [1.54, 1.807) is 0 Å². The number of nitrogens with one attached hydrogen (secondary N) is 2. The van der Waals surface area contributed by atoms with Crippen LogP contribution in [0.3, 0.4) is 0 Å². The highest BCUT2D eigenvalue weighted by atomic mass is 31.1. The molecule has 5 aromatic carbocycles. The fraction of sp³-hybridized carbons (Fsp3) is 0.243. The first-order chi connectivity index (χ1) is 21.0. The maximum Gasteiger partial charge on any atom is 0.253 e. The van der Waals surface area contributed by atoms with E-state index >= 15 is 0 Å². The van der Waals surface area contributed by atoms with Gasteiger partial charge in [0.05, 0.1) is 12.1 Å². The second-order valence-electron chi connectivity index (χ2n) is 11.5. The number of nitrogens with two attached hydrogens (primary N) is 1. The van der Waals surface area contributed by atoms with Crippen LogP contribution in [0.5, 0.6) is 0 Å². The molecule has 43 heavy (non-hydrogen) atoms. The Kier molecular flexibility index (Phi) is 8.83. The SMILES string of the molecule is C[C@@H](Nc1c(NC(c2ccccc2)[C@@H](N)c2ccccc2)c(=O)c1=O)C1CCCC1P(c1ccccc1)c1ccccc1. The Morgan fingerprint density at radius 1 is 0.651 bits per heavy atom. The summed E-state index contributed by atoms with van der Waals surface area (Å²) in [6.45, 7) is 2.16. The van der Waals surface area contributed by atoms with Gasteiger partial charge < -0.3 is 16.4 Å². The Morgan fingerprint density at radius 3 is 1.65 bits per heavy atom. The summed E-state index contributed by atoms with van der Waals surface area (Å²) in [5.74, 6) is 0.361. The van der Waals surface area contributed by atoms with Gasteiger partial charge in [0.1, 0.15) is 11.4 Å². The van der Waals surface area contributed by atoms with Gasteiger partial charge in [-0.15, -0.1) is 0 Å². The molecule has 0 heterocycles. The van der Waals surface area contributed by atoms with Gasteiger partial charge >= 0.3 is 0 Å². The van der Waals surface area contributed by atoms with Crippen LogP contribution < -0.4 is 37.8 Å². The fourth-order valence-electron chi connectivity index (χ4n) is 6.65. The normalized spacial score (nSPS) is 18.8.